The van der Waals surface area contributed by atoms with Crippen molar-refractivity contribution in [2.45, 2.75) is 26.6 Å². The number of aromatic nitrogens is 5. The summed E-state index contributed by atoms with van der Waals surface area (Å²) in [5.74, 6) is -0.114. The SMILES string of the molecule is CCn1c(=O)n(CC(=O)NCc2ccccn2)c(=O)c2cnc(-c3ccc(Cl)cc3)nc21. The first kappa shape index (κ1) is 21.4. The van der Waals surface area contributed by atoms with Gasteiger partial charge < -0.3 is 5.32 Å². The van der Waals surface area contributed by atoms with Gasteiger partial charge in [0.25, 0.3) is 5.56 Å². The van der Waals surface area contributed by atoms with Crippen LogP contribution in [-0.4, -0.2) is 30.0 Å². The highest BCUT2D eigenvalue weighted by Crippen LogP contribution is 2.19. The molecule has 3 heterocycles. The maximum absolute atomic E-state index is 13.0. The molecule has 0 saturated carbocycles. The lowest BCUT2D eigenvalue weighted by Gasteiger charge is -2.12. The molecule has 9 nitrogen and oxygen atoms in total. The molecule has 0 saturated heterocycles. The molecule has 1 N–H and O–H groups in total. The van der Waals surface area contributed by atoms with Gasteiger partial charge in [-0.15, -0.1) is 0 Å². The molecule has 0 spiro atoms. The van der Waals surface area contributed by atoms with Crippen LogP contribution in [0.5, 0.6) is 0 Å². The van der Waals surface area contributed by atoms with E-state index in [2.05, 4.69) is 20.3 Å². The minimum atomic E-state index is -0.620. The molecule has 10 heteroatoms. The molecule has 162 valence electrons. The summed E-state index contributed by atoms with van der Waals surface area (Å²) in [5.41, 5.74) is 0.349. The zero-order chi connectivity index (χ0) is 22.7. The predicted octanol–water partition coefficient (Wildman–Crippen LogP) is 2.00. The summed E-state index contributed by atoms with van der Waals surface area (Å²) in [6.45, 7) is 1.81. The number of carbonyl (C=O) groups excluding carboxylic acids is 1. The molecule has 1 aromatic carbocycles. The number of amides is 1. The smallest absolute Gasteiger partial charge is 0.333 e. The van der Waals surface area contributed by atoms with Crippen LogP contribution >= 0.6 is 11.6 Å². The largest absolute Gasteiger partial charge is 0.349 e. The number of rotatable bonds is 6. The maximum atomic E-state index is 13.0. The number of hydrogen-bond donors (Lipinski definition) is 1. The average molecular weight is 451 g/mol. The van der Waals surface area contributed by atoms with E-state index >= 15 is 0 Å². The molecule has 0 aliphatic rings. The van der Waals surface area contributed by atoms with Gasteiger partial charge in [0.15, 0.2) is 11.5 Å². The number of halogens is 1. The van der Waals surface area contributed by atoms with E-state index < -0.39 is 23.7 Å². The lowest BCUT2D eigenvalue weighted by Crippen LogP contribution is -2.44. The van der Waals surface area contributed by atoms with Crippen LogP contribution in [0.3, 0.4) is 0 Å². The fourth-order valence-electron chi connectivity index (χ4n) is 3.25. The topological polar surface area (TPSA) is 112 Å². The van der Waals surface area contributed by atoms with Gasteiger partial charge >= 0.3 is 5.69 Å². The lowest BCUT2D eigenvalue weighted by molar-refractivity contribution is -0.122. The van der Waals surface area contributed by atoms with Gasteiger partial charge in [-0.1, -0.05) is 17.7 Å². The molecule has 32 heavy (non-hydrogen) atoms. The van der Waals surface area contributed by atoms with E-state index in [1.165, 1.54) is 10.8 Å². The number of hydrogen-bond acceptors (Lipinski definition) is 6. The van der Waals surface area contributed by atoms with Crippen molar-refractivity contribution in [3.8, 4) is 11.4 Å². The summed E-state index contributed by atoms with van der Waals surface area (Å²) in [7, 11) is 0. The summed E-state index contributed by atoms with van der Waals surface area (Å²) >= 11 is 5.93. The van der Waals surface area contributed by atoms with E-state index in [-0.39, 0.29) is 24.1 Å². The Bertz CT molecular complexity index is 1400. The standard InChI is InChI=1S/C22H19ClN6O3/c1-2-28-20-17(12-26-19(27-20)14-6-8-15(23)9-7-14)21(31)29(22(28)32)13-18(30)25-11-16-5-3-4-10-24-16/h3-10,12H,2,11,13H2,1H3,(H,25,30). The van der Waals surface area contributed by atoms with Crippen LogP contribution in [0, 0.1) is 0 Å². The summed E-state index contributed by atoms with van der Waals surface area (Å²) in [4.78, 5) is 51.2. The van der Waals surface area contributed by atoms with E-state index in [9.17, 15) is 14.4 Å². The zero-order valence-corrected chi connectivity index (χ0v) is 17.9. The molecule has 1 amide bonds. The monoisotopic (exact) mass is 450 g/mol. The molecule has 0 fully saturated rings. The summed E-state index contributed by atoms with van der Waals surface area (Å²) in [6.07, 6.45) is 3.00. The molecule has 0 aliphatic carbocycles. The molecule has 0 unspecified atom stereocenters. The third-order valence-electron chi connectivity index (χ3n) is 4.87. The highest BCUT2D eigenvalue weighted by molar-refractivity contribution is 6.30. The third kappa shape index (κ3) is 4.28. The highest BCUT2D eigenvalue weighted by atomic mass is 35.5. The van der Waals surface area contributed by atoms with Crippen LogP contribution in [-0.2, 0) is 24.4 Å². The number of aryl methyl sites for hydroxylation is 1. The number of fused-ring (bicyclic) bond motifs is 1. The average Bonchev–Trinajstić information content (AvgIpc) is 2.81. The fourth-order valence-corrected chi connectivity index (χ4v) is 3.38. The van der Waals surface area contributed by atoms with Crippen molar-refractivity contribution < 1.29 is 4.79 Å². The second kappa shape index (κ2) is 9.11. The second-order valence-electron chi connectivity index (χ2n) is 6.95. The Hall–Kier alpha value is -3.85. The van der Waals surface area contributed by atoms with Gasteiger partial charge in [0.1, 0.15) is 11.9 Å². The lowest BCUT2D eigenvalue weighted by atomic mass is 10.2. The molecule has 0 bridgehead atoms. The Labute approximate surface area is 187 Å². The Morgan fingerprint density at radius 2 is 1.84 bits per heavy atom. The second-order valence-corrected chi connectivity index (χ2v) is 7.39. The van der Waals surface area contributed by atoms with Crippen LogP contribution in [0.15, 0.2) is 64.4 Å². The van der Waals surface area contributed by atoms with Gasteiger partial charge in [-0.05, 0) is 43.3 Å². The summed E-state index contributed by atoms with van der Waals surface area (Å²) in [5, 5.41) is 3.40. The molecule has 0 atom stereocenters. The van der Waals surface area contributed by atoms with Gasteiger partial charge in [0.05, 0.1) is 12.2 Å². The first-order valence-corrected chi connectivity index (χ1v) is 10.3. The fraction of sp³-hybridized carbons (Fsp3) is 0.182. The Morgan fingerprint density at radius 1 is 1.06 bits per heavy atom. The molecule has 3 aromatic heterocycles. The number of nitrogens with zero attached hydrogens (tertiary/aromatic N) is 5. The first-order valence-electron chi connectivity index (χ1n) is 9.91. The number of nitrogens with one attached hydrogen (secondary N) is 1. The minimum absolute atomic E-state index is 0.154. The van der Waals surface area contributed by atoms with E-state index in [1.807, 2.05) is 0 Å². The molecule has 4 aromatic rings. The third-order valence-corrected chi connectivity index (χ3v) is 5.13. The summed E-state index contributed by atoms with van der Waals surface area (Å²) in [6, 6.07) is 12.3. The van der Waals surface area contributed by atoms with Crippen molar-refractivity contribution in [3.63, 3.8) is 0 Å². The summed E-state index contributed by atoms with van der Waals surface area (Å²) < 4.78 is 2.24. The quantitative estimate of drug-likeness (QED) is 0.481. The number of carbonyl (C=O) groups is 1. The molecular formula is C22H19ClN6O3. The molecule has 0 aliphatic heterocycles. The van der Waals surface area contributed by atoms with E-state index in [0.29, 0.717) is 22.1 Å². The van der Waals surface area contributed by atoms with Gasteiger partial charge in [0, 0.05) is 29.5 Å². The van der Waals surface area contributed by atoms with Crippen molar-refractivity contribution >= 4 is 28.5 Å². The maximum Gasteiger partial charge on any atom is 0.333 e. The van der Waals surface area contributed by atoms with Crippen molar-refractivity contribution in [2.75, 3.05) is 0 Å². The molecule has 0 radical (unpaired) electrons. The zero-order valence-electron chi connectivity index (χ0n) is 17.2. The van der Waals surface area contributed by atoms with Crippen LogP contribution in [0.1, 0.15) is 12.6 Å². The Balaban J connectivity index is 1.69. The van der Waals surface area contributed by atoms with Crippen LogP contribution in [0.25, 0.3) is 22.4 Å². The van der Waals surface area contributed by atoms with Gasteiger partial charge in [-0.25, -0.2) is 14.8 Å². The normalized spacial score (nSPS) is 10.9. The van der Waals surface area contributed by atoms with Gasteiger partial charge in [-0.3, -0.25) is 23.7 Å². The highest BCUT2D eigenvalue weighted by Gasteiger charge is 2.17. The Kier molecular flexibility index (Phi) is 6.09. The first-order chi connectivity index (χ1) is 15.5. The predicted molar refractivity (Wildman–Crippen MR) is 120 cm³/mol. The van der Waals surface area contributed by atoms with E-state index in [4.69, 9.17) is 11.6 Å². The molecule has 4 rings (SSSR count). The van der Waals surface area contributed by atoms with Crippen molar-refractivity contribution in [2.24, 2.45) is 0 Å². The van der Waals surface area contributed by atoms with Crippen molar-refractivity contribution in [1.82, 2.24) is 29.4 Å². The van der Waals surface area contributed by atoms with E-state index in [1.54, 1.807) is 55.6 Å². The van der Waals surface area contributed by atoms with E-state index in [0.717, 1.165) is 4.57 Å². The van der Waals surface area contributed by atoms with Crippen molar-refractivity contribution in [1.29, 1.82) is 0 Å². The van der Waals surface area contributed by atoms with Crippen LogP contribution in [0.4, 0.5) is 0 Å². The van der Waals surface area contributed by atoms with Gasteiger partial charge in [-0.2, -0.15) is 0 Å². The Morgan fingerprint density at radius 3 is 2.53 bits per heavy atom. The van der Waals surface area contributed by atoms with Crippen LogP contribution in [0.2, 0.25) is 5.02 Å². The minimum Gasteiger partial charge on any atom is -0.349 e. The van der Waals surface area contributed by atoms with Crippen molar-refractivity contribution in [3.05, 3.63) is 86.4 Å². The van der Waals surface area contributed by atoms with Crippen LogP contribution < -0.4 is 16.6 Å². The number of benzene rings is 1. The van der Waals surface area contributed by atoms with Gasteiger partial charge in [0.2, 0.25) is 5.91 Å². The molecular weight excluding hydrogens is 432 g/mol. The number of pyridine rings is 1.